The molecule has 0 amide bonds. The molecule has 182 valence electrons. The van der Waals surface area contributed by atoms with Crippen molar-refractivity contribution in [2.45, 2.75) is 63.2 Å². The molecule has 0 aliphatic heterocycles. The lowest BCUT2D eigenvalue weighted by Crippen LogP contribution is -2.22. The Morgan fingerprint density at radius 3 is 2.56 bits per heavy atom. The van der Waals surface area contributed by atoms with Gasteiger partial charge in [-0.05, 0) is 86.4 Å². The molecular formula is C28H28N6O2. The van der Waals surface area contributed by atoms with Crippen molar-refractivity contribution in [3.05, 3.63) is 65.6 Å². The fraction of sp³-hybridized carbons (Fsp3) is 0.357. The minimum Gasteiger partial charge on any atom is -0.393 e. The predicted molar refractivity (Wildman–Crippen MR) is 137 cm³/mol. The summed E-state index contributed by atoms with van der Waals surface area (Å²) in [6, 6.07) is 16.1. The minimum absolute atomic E-state index is 0.124. The molecule has 8 heteroatoms. The number of aliphatic hydroxyl groups is 2. The topological polar surface area (TPSA) is 120 Å². The van der Waals surface area contributed by atoms with Crippen LogP contribution in [0.4, 0.5) is 11.6 Å². The van der Waals surface area contributed by atoms with Gasteiger partial charge in [-0.3, -0.25) is 0 Å². The number of benzene rings is 1. The molecule has 1 aromatic carbocycles. The highest BCUT2D eigenvalue weighted by molar-refractivity contribution is 5.82. The van der Waals surface area contributed by atoms with Crippen molar-refractivity contribution >= 4 is 22.7 Å². The molecule has 0 spiro atoms. The third kappa shape index (κ3) is 4.43. The zero-order chi connectivity index (χ0) is 24.6. The van der Waals surface area contributed by atoms with Crippen LogP contribution in [0.2, 0.25) is 0 Å². The van der Waals surface area contributed by atoms with Gasteiger partial charge in [0.25, 0.3) is 0 Å². The van der Waals surface area contributed by atoms with E-state index in [0.717, 1.165) is 48.0 Å². The molecule has 2 saturated carbocycles. The number of nitrogens with zero attached hydrogens (tertiary/aromatic N) is 5. The summed E-state index contributed by atoms with van der Waals surface area (Å²) in [5.74, 6) is 2.48. The highest BCUT2D eigenvalue weighted by Gasteiger charge is 2.26. The van der Waals surface area contributed by atoms with E-state index in [-0.39, 0.29) is 18.8 Å². The van der Waals surface area contributed by atoms with Gasteiger partial charge >= 0.3 is 0 Å². The van der Waals surface area contributed by atoms with Crippen LogP contribution in [-0.2, 0) is 6.61 Å². The lowest BCUT2D eigenvalue weighted by molar-refractivity contribution is 0.109. The smallest absolute Gasteiger partial charge is 0.135 e. The second-order valence-corrected chi connectivity index (χ2v) is 9.83. The zero-order valence-corrected chi connectivity index (χ0v) is 19.9. The number of anilines is 2. The molecular weight excluding hydrogens is 452 g/mol. The Kier molecular flexibility index (Phi) is 5.88. The minimum atomic E-state index is -0.243. The van der Waals surface area contributed by atoms with Gasteiger partial charge in [0.05, 0.1) is 34.5 Å². The highest BCUT2D eigenvalue weighted by Crippen LogP contribution is 2.42. The Hall–Kier alpha value is -3.80. The summed E-state index contributed by atoms with van der Waals surface area (Å²) in [5.41, 5.74) is 5.45. The third-order valence-electron chi connectivity index (χ3n) is 7.27. The molecule has 2 fully saturated rings. The molecule has 3 aromatic heterocycles. The molecule has 36 heavy (non-hydrogen) atoms. The molecule has 3 N–H and O–H groups in total. The molecule has 0 atom stereocenters. The number of pyridine rings is 2. The van der Waals surface area contributed by atoms with Crippen molar-refractivity contribution in [2.75, 3.05) is 5.32 Å². The molecule has 2 aliphatic carbocycles. The van der Waals surface area contributed by atoms with E-state index in [4.69, 9.17) is 4.98 Å². The third-order valence-corrected chi connectivity index (χ3v) is 7.27. The Labute approximate surface area is 209 Å². The first-order chi connectivity index (χ1) is 17.6. The first-order valence-corrected chi connectivity index (χ1v) is 12.6. The molecule has 4 aromatic rings. The average molecular weight is 481 g/mol. The van der Waals surface area contributed by atoms with E-state index >= 15 is 0 Å². The summed E-state index contributed by atoms with van der Waals surface area (Å²) in [5, 5.41) is 32.5. The van der Waals surface area contributed by atoms with Crippen molar-refractivity contribution in [3.63, 3.8) is 0 Å². The Bertz CT molecular complexity index is 1460. The average Bonchev–Trinajstić information content (AvgIpc) is 3.69. The van der Waals surface area contributed by atoms with Gasteiger partial charge in [-0.1, -0.05) is 6.07 Å². The lowest BCUT2D eigenvalue weighted by Gasteiger charge is -2.28. The fourth-order valence-electron chi connectivity index (χ4n) is 5.25. The van der Waals surface area contributed by atoms with Gasteiger partial charge in [-0.15, -0.1) is 0 Å². The Morgan fingerprint density at radius 2 is 1.81 bits per heavy atom. The number of hydrogen-bond acceptors (Lipinski definition) is 7. The van der Waals surface area contributed by atoms with E-state index in [9.17, 15) is 15.5 Å². The summed E-state index contributed by atoms with van der Waals surface area (Å²) in [6.45, 7) is -0.124. The number of nitrogens with one attached hydrogen (secondary N) is 1. The van der Waals surface area contributed by atoms with Gasteiger partial charge in [0.15, 0.2) is 0 Å². The van der Waals surface area contributed by atoms with Gasteiger partial charge in [0.2, 0.25) is 0 Å². The maximum absolute atomic E-state index is 10.0. The lowest BCUT2D eigenvalue weighted by atomic mass is 9.92. The van der Waals surface area contributed by atoms with Crippen LogP contribution in [0.3, 0.4) is 0 Å². The largest absolute Gasteiger partial charge is 0.393 e. The monoisotopic (exact) mass is 480 g/mol. The maximum atomic E-state index is 10.0. The van der Waals surface area contributed by atoms with Crippen molar-refractivity contribution in [3.8, 4) is 17.3 Å². The summed E-state index contributed by atoms with van der Waals surface area (Å²) in [7, 11) is 0. The number of imidazole rings is 1. The molecule has 3 heterocycles. The molecule has 0 bridgehead atoms. The van der Waals surface area contributed by atoms with E-state index in [0.29, 0.717) is 28.9 Å². The molecule has 0 radical (unpaired) electrons. The van der Waals surface area contributed by atoms with Crippen LogP contribution in [-0.4, -0.2) is 35.8 Å². The molecule has 0 saturated heterocycles. The first-order valence-electron chi connectivity index (χ1n) is 12.6. The van der Waals surface area contributed by atoms with Crippen LogP contribution in [0.1, 0.15) is 67.4 Å². The van der Waals surface area contributed by atoms with Crippen molar-refractivity contribution < 1.29 is 10.2 Å². The van der Waals surface area contributed by atoms with Gasteiger partial charge in [0.1, 0.15) is 24.1 Å². The first kappa shape index (κ1) is 22.7. The second-order valence-electron chi connectivity index (χ2n) is 9.83. The van der Waals surface area contributed by atoms with Gasteiger partial charge < -0.3 is 20.1 Å². The van der Waals surface area contributed by atoms with Gasteiger partial charge in [-0.25, -0.2) is 15.0 Å². The quantitative estimate of drug-likeness (QED) is 0.357. The van der Waals surface area contributed by atoms with Crippen LogP contribution in [0.5, 0.6) is 0 Å². The Balaban J connectivity index is 1.40. The zero-order valence-electron chi connectivity index (χ0n) is 19.9. The van der Waals surface area contributed by atoms with Crippen LogP contribution in [0.15, 0.2) is 48.7 Å². The molecule has 2 aliphatic rings. The van der Waals surface area contributed by atoms with Crippen molar-refractivity contribution in [1.82, 2.24) is 19.5 Å². The summed E-state index contributed by atoms with van der Waals surface area (Å²) in [6.07, 6.45) is 6.96. The number of aliphatic hydroxyl groups excluding tert-OH is 2. The van der Waals surface area contributed by atoms with Crippen molar-refractivity contribution in [1.29, 1.82) is 5.26 Å². The van der Waals surface area contributed by atoms with Crippen LogP contribution in [0, 0.1) is 11.3 Å². The van der Waals surface area contributed by atoms with Crippen molar-refractivity contribution in [2.24, 2.45) is 0 Å². The number of hydrogen-bond donors (Lipinski definition) is 3. The normalized spacial score (nSPS) is 19.8. The summed E-state index contributed by atoms with van der Waals surface area (Å²) in [4.78, 5) is 13.9. The molecule has 6 rings (SSSR count). The van der Waals surface area contributed by atoms with E-state index in [1.165, 1.54) is 18.4 Å². The molecule has 8 nitrogen and oxygen atoms in total. The SMILES string of the molecule is N#Cc1ccnc(Nc2cc(C3CC3)cc(-c3ccc4nc(CO)n([C@H]5CC[C@H](O)CC5)c4c3)n2)c1. The fourth-order valence-corrected chi connectivity index (χ4v) is 5.25. The molecule has 0 unspecified atom stereocenters. The number of nitriles is 1. The maximum Gasteiger partial charge on any atom is 0.135 e. The summed E-state index contributed by atoms with van der Waals surface area (Å²) >= 11 is 0. The van der Waals surface area contributed by atoms with E-state index in [2.05, 4.69) is 44.1 Å². The van der Waals surface area contributed by atoms with E-state index < -0.39 is 0 Å². The van der Waals surface area contributed by atoms with Crippen LogP contribution >= 0.6 is 0 Å². The summed E-state index contributed by atoms with van der Waals surface area (Å²) < 4.78 is 2.16. The van der Waals surface area contributed by atoms with E-state index in [1.807, 2.05) is 12.1 Å². The predicted octanol–water partition coefficient (Wildman–Crippen LogP) is 4.95. The van der Waals surface area contributed by atoms with E-state index in [1.54, 1.807) is 18.3 Å². The standard InChI is InChI=1S/C28H28N6O2/c29-15-17-9-10-30-26(11-17)33-27-14-20(18-1-2-18)12-24(31-27)19-3-8-23-25(13-19)34(28(16-35)32-23)21-4-6-22(36)7-5-21/h3,8-14,18,21-22,35-36H,1-2,4-7,16H2,(H,30,31,33)/t21-,22-. The highest BCUT2D eigenvalue weighted by atomic mass is 16.3. The Morgan fingerprint density at radius 1 is 0.972 bits per heavy atom. The van der Waals surface area contributed by atoms with Gasteiger partial charge in [-0.2, -0.15) is 5.26 Å². The van der Waals surface area contributed by atoms with Gasteiger partial charge in [0, 0.05) is 17.8 Å². The van der Waals surface area contributed by atoms with Crippen LogP contribution in [0.25, 0.3) is 22.3 Å². The number of fused-ring (bicyclic) bond motifs is 1. The number of rotatable bonds is 6. The van der Waals surface area contributed by atoms with Crippen LogP contribution < -0.4 is 5.32 Å². The number of aromatic nitrogens is 4. The second kappa shape index (κ2) is 9.34.